The van der Waals surface area contributed by atoms with E-state index in [9.17, 15) is 9.18 Å². The minimum Gasteiger partial charge on any atom is -0.482 e. The predicted molar refractivity (Wildman–Crippen MR) is 153 cm³/mol. The highest BCUT2D eigenvalue weighted by Gasteiger charge is 2.28. The van der Waals surface area contributed by atoms with E-state index < -0.39 is 17.5 Å². The van der Waals surface area contributed by atoms with Crippen LogP contribution in [0.2, 0.25) is 10.0 Å². The van der Waals surface area contributed by atoms with E-state index in [-0.39, 0.29) is 23.0 Å². The van der Waals surface area contributed by atoms with Crippen LogP contribution in [0.1, 0.15) is 72.1 Å². The van der Waals surface area contributed by atoms with Crippen molar-refractivity contribution in [2.45, 2.75) is 72.1 Å². The SMILES string of the molecule is CC.CC(Oc1cc(-c2cnn(C3CCN(C(=O)OC(C)(C)C)CC3)c2)cnc1N)c1c(Cl)ccc(F)c1Cl. The number of nitrogens with two attached hydrogens (primary N) is 1. The standard InChI is InChI=1S/C26H30Cl2FN5O3.C2H6/c1-15(22-19(27)5-6-20(29)23(22)28)36-21-11-16(12-31-24(21)30)17-13-32-34(14-17)18-7-9-33(10-8-18)25(35)37-26(2,3)4;1-2/h5-6,11-15,18H,7-10H2,1-4H3,(H2,30,31);1-2H3. The molecular formula is C28H36Cl2FN5O3. The van der Waals surface area contributed by atoms with Gasteiger partial charge in [-0.1, -0.05) is 37.0 Å². The van der Waals surface area contributed by atoms with E-state index in [1.165, 1.54) is 12.1 Å². The normalized spacial score (nSPS) is 14.8. The lowest BCUT2D eigenvalue weighted by Crippen LogP contribution is -2.42. The fourth-order valence-corrected chi connectivity index (χ4v) is 4.88. The highest BCUT2D eigenvalue weighted by molar-refractivity contribution is 6.36. The van der Waals surface area contributed by atoms with Crippen LogP contribution in [0, 0.1) is 5.82 Å². The molecule has 1 atom stereocenters. The van der Waals surface area contributed by atoms with Gasteiger partial charge in [-0.15, -0.1) is 0 Å². The quantitative estimate of drug-likeness (QED) is 0.311. The number of ether oxygens (including phenoxy) is 2. The Morgan fingerprint density at radius 2 is 1.82 bits per heavy atom. The minimum absolute atomic E-state index is 0.0957. The zero-order chi connectivity index (χ0) is 28.9. The second-order valence-corrected chi connectivity index (χ2v) is 10.8. The Morgan fingerprint density at radius 3 is 2.46 bits per heavy atom. The summed E-state index contributed by atoms with van der Waals surface area (Å²) >= 11 is 12.4. The van der Waals surface area contributed by atoms with Gasteiger partial charge in [0, 0.05) is 47.2 Å². The van der Waals surface area contributed by atoms with Crippen LogP contribution in [-0.2, 0) is 4.74 Å². The molecule has 39 heavy (non-hydrogen) atoms. The van der Waals surface area contributed by atoms with Crippen molar-refractivity contribution >= 4 is 35.1 Å². The maximum absolute atomic E-state index is 14.0. The van der Waals surface area contributed by atoms with Gasteiger partial charge >= 0.3 is 6.09 Å². The lowest BCUT2D eigenvalue weighted by Gasteiger charge is -2.33. The van der Waals surface area contributed by atoms with Gasteiger partial charge in [0.25, 0.3) is 0 Å². The van der Waals surface area contributed by atoms with Gasteiger partial charge in [-0.2, -0.15) is 5.10 Å². The van der Waals surface area contributed by atoms with E-state index in [2.05, 4.69) is 10.1 Å². The average Bonchev–Trinajstić information content (AvgIpc) is 3.38. The Kier molecular flexibility index (Phi) is 10.1. The van der Waals surface area contributed by atoms with E-state index >= 15 is 0 Å². The summed E-state index contributed by atoms with van der Waals surface area (Å²) < 4.78 is 27.4. The molecule has 212 valence electrons. The number of rotatable bonds is 5. The molecule has 0 aliphatic carbocycles. The first-order chi connectivity index (χ1) is 18.4. The van der Waals surface area contributed by atoms with Crippen LogP contribution in [-0.4, -0.2) is 44.4 Å². The van der Waals surface area contributed by atoms with Gasteiger partial charge in [-0.3, -0.25) is 4.68 Å². The summed E-state index contributed by atoms with van der Waals surface area (Å²) in [4.78, 5) is 18.3. The summed E-state index contributed by atoms with van der Waals surface area (Å²) in [6, 6.07) is 4.55. The lowest BCUT2D eigenvalue weighted by atomic mass is 10.1. The Hall–Kier alpha value is -3.04. The molecule has 1 aliphatic rings. The third kappa shape index (κ3) is 7.54. The number of aromatic nitrogens is 3. The molecule has 4 rings (SSSR count). The number of halogens is 3. The Bertz CT molecular complexity index is 1290. The lowest BCUT2D eigenvalue weighted by molar-refractivity contribution is 0.0185. The van der Waals surface area contributed by atoms with Gasteiger partial charge in [0.05, 0.1) is 17.3 Å². The average molecular weight is 581 g/mol. The second-order valence-electron chi connectivity index (χ2n) is 10.0. The number of amides is 1. The van der Waals surface area contributed by atoms with Gasteiger partial charge in [-0.05, 0) is 58.7 Å². The van der Waals surface area contributed by atoms with E-state index in [4.69, 9.17) is 38.4 Å². The van der Waals surface area contributed by atoms with E-state index in [1.807, 2.05) is 45.5 Å². The largest absolute Gasteiger partial charge is 0.482 e. The van der Waals surface area contributed by atoms with Gasteiger partial charge in [-0.25, -0.2) is 14.2 Å². The highest BCUT2D eigenvalue weighted by atomic mass is 35.5. The van der Waals surface area contributed by atoms with Gasteiger partial charge in [0.15, 0.2) is 11.6 Å². The molecule has 0 saturated carbocycles. The second kappa shape index (κ2) is 12.9. The van der Waals surface area contributed by atoms with Crippen molar-refractivity contribution in [1.82, 2.24) is 19.7 Å². The molecule has 0 radical (unpaired) electrons. The summed E-state index contributed by atoms with van der Waals surface area (Å²) in [6.45, 7) is 12.5. The van der Waals surface area contributed by atoms with Crippen LogP contribution < -0.4 is 10.5 Å². The van der Waals surface area contributed by atoms with Crippen molar-refractivity contribution < 1.29 is 18.7 Å². The molecule has 2 aromatic heterocycles. The number of nitrogen functional groups attached to an aromatic ring is 1. The topological polar surface area (TPSA) is 95.5 Å². The van der Waals surface area contributed by atoms with Crippen LogP contribution in [0.25, 0.3) is 11.1 Å². The highest BCUT2D eigenvalue weighted by Crippen LogP contribution is 2.37. The van der Waals surface area contributed by atoms with Crippen LogP contribution in [0.5, 0.6) is 5.75 Å². The van der Waals surface area contributed by atoms with Gasteiger partial charge in [0.1, 0.15) is 17.5 Å². The third-order valence-corrected chi connectivity index (χ3v) is 6.81. The number of pyridine rings is 1. The molecule has 1 aliphatic heterocycles. The van der Waals surface area contributed by atoms with Crippen molar-refractivity contribution in [3.05, 3.63) is 58.2 Å². The van der Waals surface area contributed by atoms with Gasteiger partial charge in [0.2, 0.25) is 0 Å². The van der Waals surface area contributed by atoms with E-state index in [1.54, 1.807) is 30.3 Å². The molecule has 0 bridgehead atoms. The summed E-state index contributed by atoms with van der Waals surface area (Å²) in [6.07, 6.45) is 5.90. The summed E-state index contributed by atoms with van der Waals surface area (Å²) in [5, 5.41) is 4.74. The van der Waals surface area contributed by atoms with Gasteiger partial charge < -0.3 is 20.1 Å². The van der Waals surface area contributed by atoms with E-state index in [0.29, 0.717) is 29.4 Å². The van der Waals surface area contributed by atoms with Crippen LogP contribution in [0.15, 0.2) is 36.8 Å². The first-order valence-electron chi connectivity index (χ1n) is 13.0. The molecule has 3 aromatic rings. The van der Waals surface area contributed by atoms with Crippen molar-refractivity contribution in [2.75, 3.05) is 18.8 Å². The molecule has 1 fully saturated rings. The molecule has 1 saturated heterocycles. The molecule has 0 spiro atoms. The molecule has 11 heteroatoms. The Morgan fingerprint density at radius 1 is 1.15 bits per heavy atom. The number of benzene rings is 1. The number of hydrogen-bond acceptors (Lipinski definition) is 6. The monoisotopic (exact) mass is 579 g/mol. The number of carbonyl (C=O) groups is 1. The van der Waals surface area contributed by atoms with Crippen LogP contribution >= 0.6 is 23.2 Å². The Balaban J connectivity index is 0.00000205. The molecule has 8 nitrogen and oxygen atoms in total. The van der Waals surface area contributed by atoms with Crippen LogP contribution in [0.3, 0.4) is 0 Å². The van der Waals surface area contributed by atoms with Crippen LogP contribution in [0.4, 0.5) is 15.0 Å². The maximum atomic E-state index is 14.0. The number of anilines is 1. The first-order valence-corrected chi connectivity index (χ1v) is 13.8. The smallest absolute Gasteiger partial charge is 0.410 e. The molecule has 1 amide bonds. The fourth-order valence-electron chi connectivity index (χ4n) is 4.20. The number of likely N-dealkylation sites (tertiary alicyclic amines) is 1. The zero-order valence-electron chi connectivity index (χ0n) is 23.2. The fraction of sp³-hybridized carbons (Fsp3) is 0.464. The number of carbonyl (C=O) groups excluding carboxylic acids is 1. The predicted octanol–water partition coefficient (Wildman–Crippen LogP) is 7.71. The van der Waals surface area contributed by atoms with Crippen molar-refractivity contribution in [3.63, 3.8) is 0 Å². The van der Waals surface area contributed by atoms with Crippen molar-refractivity contribution in [2.24, 2.45) is 0 Å². The van der Waals surface area contributed by atoms with Crippen molar-refractivity contribution in [3.8, 4) is 16.9 Å². The number of hydrogen-bond donors (Lipinski definition) is 1. The molecular weight excluding hydrogens is 544 g/mol. The summed E-state index contributed by atoms with van der Waals surface area (Å²) in [5.74, 6) is -0.0818. The summed E-state index contributed by atoms with van der Waals surface area (Å²) in [5.41, 5.74) is 7.46. The zero-order valence-corrected chi connectivity index (χ0v) is 24.7. The molecule has 3 heterocycles. The Labute approximate surface area is 239 Å². The first kappa shape index (κ1) is 30.5. The molecule has 2 N–H and O–H groups in total. The third-order valence-electron chi connectivity index (χ3n) is 6.10. The van der Waals surface area contributed by atoms with Crippen molar-refractivity contribution in [1.29, 1.82) is 0 Å². The maximum Gasteiger partial charge on any atom is 0.410 e. The number of nitrogens with zero attached hydrogens (tertiary/aromatic N) is 4. The molecule has 1 aromatic carbocycles. The minimum atomic E-state index is -0.673. The molecule has 1 unspecified atom stereocenters. The number of piperidine rings is 1. The van der Waals surface area contributed by atoms with E-state index in [0.717, 1.165) is 24.0 Å². The summed E-state index contributed by atoms with van der Waals surface area (Å²) in [7, 11) is 0.